The van der Waals surface area contributed by atoms with Crippen molar-refractivity contribution in [1.82, 2.24) is 0 Å². The van der Waals surface area contributed by atoms with Crippen molar-refractivity contribution in [2.24, 2.45) is 0 Å². The van der Waals surface area contributed by atoms with E-state index in [-0.39, 0.29) is 0 Å². The first-order valence-electron chi connectivity index (χ1n) is 8.69. The average Bonchev–Trinajstić information content (AvgIpc) is 2.58. The molecule has 0 aliphatic rings. The van der Waals surface area contributed by atoms with E-state index in [9.17, 15) is 0 Å². The lowest BCUT2D eigenvalue weighted by Crippen LogP contribution is -2.16. The lowest BCUT2D eigenvalue weighted by Gasteiger charge is -2.09. The van der Waals surface area contributed by atoms with Gasteiger partial charge in [-0.3, -0.25) is 0 Å². The van der Waals surface area contributed by atoms with E-state index >= 15 is 0 Å². The molecule has 0 spiro atoms. The zero-order valence-corrected chi connectivity index (χ0v) is 16.5. The van der Waals surface area contributed by atoms with Crippen LogP contribution >= 0.6 is 0 Å². The molecule has 0 aliphatic carbocycles. The molecule has 122 valence electrons. The summed E-state index contributed by atoms with van der Waals surface area (Å²) in [4.78, 5) is 0. The molecule has 2 rings (SSSR count). The maximum absolute atomic E-state index is 3.49. The molecule has 0 heterocycles. The summed E-state index contributed by atoms with van der Waals surface area (Å²) in [5, 5.41) is 0. The van der Waals surface area contributed by atoms with Gasteiger partial charge in [0.05, 0.1) is 0 Å². The van der Waals surface area contributed by atoms with Gasteiger partial charge in [0.1, 0.15) is 8.07 Å². The van der Waals surface area contributed by atoms with Crippen molar-refractivity contribution < 1.29 is 0 Å². The highest BCUT2D eigenvalue weighted by atomic mass is 28.3. The Morgan fingerprint density at radius 3 is 1.79 bits per heavy atom. The van der Waals surface area contributed by atoms with E-state index in [1.807, 2.05) is 30.3 Å². The Balaban J connectivity index is 2.47. The summed E-state index contributed by atoms with van der Waals surface area (Å²) < 4.78 is 0. The minimum atomic E-state index is -1.37. The van der Waals surface area contributed by atoms with Crippen LogP contribution < -0.4 is 0 Å². The molecule has 0 bridgehead atoms. The maximum Gasteiger partial charge on any atom is 0.129 e. The van der Waals surface area contributed by atoms with Crippen LogP contribution in [0, 0.1) is 23.3 Å². The van der Waals surface area contributed by atoms with Gasteiger partial charge in [-0.05, 0) is 48.2 Å². The molecule has 0 amide bonds. The van der Waals surface area contributed by atoms with Crippen molar-refractivity contribution in [1.29, 1.82) is 0 Å². The van der Waals surface area contributed by atoms with E-state index in [0.717, 1.165) is 24.0 Å². The van der Waals surface area contributed by atoms with E-state index in [1.165, 1.54) is 16.7 Å². The van der Waals surface area contributed by atoms with E-state index in [1.54, 1.807) is 0 Å². The molecule has 0 aliphatic heterocycles. The highest BCUT2D eigenvalue weighted by Gasteiger charge is 2.09. The van der Waals surface area contributed by atoms with Crippen LogP contribution in [-0.2, 0) is 12.8 Å². The van der Waals surface area contributed by atoms with Gasteiger partial charge in [0.25, 0.3) is 0 Å². The molecule has 0 saturated carbocycles. The first-order valence-corrected chi connectivity index (χ1v) is 12.2. The fraction of sp³-hybridized carbons (Fsp3) is 0.304. The van der Waals surface area contributed by atoms with Gasteiger partial charge in [0, 0.05) is 16.7 Å². The molecule has 0 fully saturated rings. The predicted molar refractivity (Wildman–Crippen MR) is 108 cm³/mol. The van der Waals surface area contributed by atoms with Gasteiger partial charge in [0.2, 0.25) is 0 Å². The fourth-order valence-electron chi connectivity index (χ4n) is 2.42. The van der Waals surface area contributed by atoms with E-state index in [2.05, 4.69) is 68.9 Å². The highest BCUT2D eigenvalue weighted by molar-refractivity contribution is 6.83. The Kier molecular flexibility index (Phi) is 6.08. The van der Waals surface area contributed by atoms with Crippen molar-refractivity contribution >= 4 is 8.07 Å². The third-order valence-electron chi connectivity index (χ3n) is 3.78. The molecule has 0 N–H and O–H groups in total. The molecule has 24 heavy (non-hydrogen) atoms. The summed E-state index contributed by atoms with van der Waals surface area (Å²) >= 11 is 0. The number of hydrogen-bond donors (Lipinski definition) is 0. The standard InChI is InChI=1S/C23H26Si/c1-6-20-18-23(15-16-24(3,4)5)21(7-2)17-22(20)14-13-19-11-9-8-10-12-19/h8-12,17-18H,6-7H2,1-5H3. The second kappa shape index (κ2) is 8.05. The monoisotopic (exact) mass is 330 g/mol. The smallest absolute Gasteiger partial charge is 0.127 e. The van der Waals surface area contributed by atoms with Crippen LogP contribution in [0.1, 0.15) is 41.7 Å². The largest absolute Gasteiger partial charge is 0.129 e. The predicted octanol–water partition coefficient (Wildman–Crippen LogP) is 5.44. The van der Waals surface area contributed by atoms with Crippen LogP contribution in [0.4, 0.5) is 0 Å². The van der Waals surface area contributed by atoms with Gasteiger partial charge in [-0.25, -0.2) is 0 Å². The number of benzene rings is 2. The summed E-state index contributed by atoms with van der Waals surface area (Å²) in [6.45, 7) is 11.2. The maximum atomic E-state index is 3.49. The molecule has 0 radical (unpaired) electrons. The quantitative estimate of drug-likeness (QED) is 0.508. The van der Waals surface area contributed by atoms with Gasteiger partial charge < -0.3 is 0 Å². The Morgan fingerprint density at radius 1 is 0.750 bits per heavy atom. The lowest BCUT2D eigenvalue weighted by atomic mass is 9.96. The van der Waals surface area contributed by atoms with Gasteiger partial charge >= 0.3 is 0 Å². The van der Waals surface area contributed by atoms with Crippen molar-refractivity contribution in [2.75, 3.05) is 0 Å². The van der Waals surface area contributed by atoms with Crippen molar-refractivity contribution in [2.45, 2.75) is 46.3 Å². The Morgan fingerprint density at radius 2 is 1.29 bits per heavy atom. The summed E-state index contributed by atoms with van der Waals surface area (Å²) in [6.07, 6.45) is 1.96. The molecule has 0 atom stereocenters. The summed E-state index contributed by atoms with van der Waals surface area (Å²) in [5.74, 6) is 10.1. The molecular weight excluding hydrogens is 304 g/mol. The van der Waals surface area contributed by atoms with Gasteiger partial charge in [-0.15, -0.1) is 5.54 Å². The molecule has 0 nitrogen and oxygen atoms in total. The zero-order chi connectivity index (χ0) is 17.6. The Labute approximate surface area is 148 Å². The van der Waals surface area contributed by atoms with Crippen LogP contribution in [0.25, 0.3) is 0 Å². The minimum Gasteiger partial charge on any atom is -0.127 e. The third-order valence-corrected chi connectivity index (χ3v) is 4.65. The molecule has 2 aromatic carbocycles. The van der Waals surface area contributed by atoms with Crippen LogP contribution in [-0.4, -0.2) is 8.07 Å². The second-order valence-electron chi connectivity index (χ2n) is 6.99. The fourth-order valence-corrected chi connectivity index (χ4v) is 2.93. The number of aryl methyl sites for hydroxylation is 2. The first kappa shape index (κ1) is 18.1. The summed E-state index contributed by atoms with van der Waals surface area (Å²) in [6, 6.07) is 14.7. The van der Waals surface area contributed by atoms with Gasteiger partial charge in [-0.2, -0.15) is 0 Å². The molecular formula is C23H26Si. The SMILES string of the molecule is CCc1cc(C#C[Si](C)(C)C)c(CC)cc1C#Cc1ccccc1. The van der Waals surface area contributed by atoms with Gasteiger partial charge in [0.15, 0.2) is 0 Å². The summed E-state index contributed by atoms with van der Waals surface area (Å²) in [5.41, 5.74) is 9.46. The van der Waals surface area contributed by atoms with E-state index < -0.39 is 8.07 Å². The highest BCUT2D eigenvalue weighted by Crippen LogP contribution is 2.18. The molecule has 0 aromatic heterocycles. The normalized spacial score (nSPS) is 10.4. The molecule has 2 aromatic rings. The van der Waals surface area contributed by atoms with Crippen molar-refractivity contribution in [3.63, 3.8) is 0 Å². The van der Waals surface area contributed by atoms with E-state index in [0.29, 0.717) is 0 Å². The first-order chi connectivity index (χ1) is 11.4. The van der Waals surface area contributed by atoms with Crippen LogP contribution in [0.3, 0.4) is 0 Å². The van der Waals surface area contributed by atoms with Crippen molar-refractivity contribution in [3.05, 3.63) is 70.3 Å². The third kappa shape index (κ3) is 5.16. The van der Waals surface area contributed by atoms with Crippen LogP contribution in [0.2, 0.25) is 19.6 Å². The molecule has 0 unspecified atom stereocenters. The van der Waals surface area contributed by atoms with Crippen LogP contribution in [0.5, 0.6) is 0 Å². The Hall–Kier alpha value is -2.22. The molecule has 0 saturated heterocycles. The number of rotatable bonds is 2. The van der Waals surface area contributed by atoms with Gasteiger partial charge in [-0.1, -0.05) is 69.4 Å². The molecule has 1 heteroatoms. The van der Waals surface area contributed by atoms with E-state index in [4.69, 9.17) is 0 Å². The summed E-state index contributed by atoms with van der Waals surface area (Å²) in [7, 11) is -1.37. The average molecular weight is 331 g/mol. The lowest BCUT2D eigenvalue weighted by molar-refractivity contribution is 1.08. The van der Waals surface area contributed by atoms with Crippen molar-refractivity contribution in [3.8, 4) is 23.3 Å². The van der Waals surface area contributed by atoms with Crippen LogP contribution in [0.15, 0.2) is 42.5 Å². The Bertz CT molecular complexity index is 816. The second-order valence-corrected chi connectivity index (χ2v) is 11.7. The minimum absolute atomic E-state index is 0.977. The topological polar surface area (TPSA) is 0 Å². The zero-order valence-electron chi connectivity index (χ0n) is 15.5. The number of hydrogen-bond acceptors (Lipinski definition) is 0.